The zero-order chi connectivity index (χ0) is 19.4. The van der Waals surface area contributed by atoms with Crippen LogP contribution in [0, 0.1) is 12.7 Å². The van der Waals surface area contributed by atoms with Crippen molar-refractivity contribution in [2.45, 2.75) is 19.9 Å². The summed E-state index contributed by atoms with van der Waals surface area (Å²) in [7, 11) is 3.58. The normalized spacial score (nSPS) is 10.8. The number of amides is 2. The Labute approximate surface area is 158 Å². The molecule has 0 aliphatic carbocycles. The summed E-state index contributed by atoms with van der Waals surface area (Å²) >= 11 is 0. The second-order valence-electron chi connectivity index (χ2n) is 6.81. The van der Waals surface area contributed by atoms with Crippen LogP contribution in [-0.2, 0) is 13.0 Å². The molecule has 2 aromatic carbocycles. The van der Waals surface area contributed by atoms with Gasteiger partial charge in [0.2, 0.25) is 0 Å². The molecular formula is C21H25FN4O. The van der Waals surface area contributed by atoms with E-state index in [-0.39, 0.29) is 18.4 Å². The molecule has 142 valence electrons. The predicted octanol–water partition coefficient (Wildman–Crippen LogP) is 3.72. The molecule has 1 aromatic heterocycles. The molecule has 3 aromatic rings. The minimum absolute atomic E-state index is 0.260. The number of carbonyl (C=O) groups is 1. The van der Waals surface area contributed by atoms with Crippen molar-refractivity contribution in [1.29, 1.82) is 0 Å². The highest BCUT2D eigenvalue weighted by Crippen LogP contribution is 2.22. The lowest BCUT2D eigenvalue weighted by Crippen LogP contribution is -2.36. The Balaban J connectivity index is 1.50. The summed E-state index contributed by atoms with van der Waals surface area (Å²) < 4.78 is 14.0. The van der Waals surface area contributed by atoms with Crippen molar-refractivity contribution in [1.82, 2.24) is 15.6 Å². The van der Waals surface area contributed by atoms with Crippen molar-refractivity contribution >= 4 is 22.6 Å². The third kappa shape index (κ3) is 4.39. The monoisotopic (exact) mass is 368 g/mol. The topological polar surface area (TPSA) is 60.2 Å². The molecule has 0 fully saturated rings. The van der Waals surface area contributed by atoms with Gasteiger partial charge in [-0.15, -0.1) is 0 Å². The van der Waals surface area contributed by atoms with Crippen molar-refractivity contribution in [2.24, 2.45) is 0 Å². The first kappa shape index (κ1) is 18.8. The number of anilines is 1. The molecule has 3 N–H and O–H groups in total. The van der Waals surface area contributed by atoms with Crippen LogP contribution in [0.5, 0.6) is 0 Å². The second-order valence-corrected chi connectivity index (χ2v) is 6.81. The largest absolute Gasteiger partial charge is 0.375 e. The number of urea groups is 1. The van der Waals surface area contributed by atoms with Gasteiger partial charge in [0.15, 0.2) is 0 Å². The third-order valence-electron chi connectivity index (χ3n) is 4.63. The third-order valence-corrected chi connectivity index (χ3v) is 4.63. The molecule has 0 saturated carbocycles. The highest BCUT2D eigenvalue weighted by molar-refractivity contribution is 5.84. The molecule has 0 aliphatic heterocycles. The summed E-state index contributed by atoms with van der Waals surface area (Å²) in [5.74, 6) is -0.297. The number of rotatable bonds is 6. The summed E-state index contributed by atoms with van der Waals surface area (Å²) in [6, 6.07) is 12.9. The predicted molar refractivity (Wildman–Crippen MR) is 108 cm³/mol. The van der Waals surface area contributed by atoms with Crippen LogP contribution in [-0.4, -0.2) is 31.7 Å². The van der Waals surface area contributed by atoms with Crippen molar-refractivity contribution in [3.8, 4) is 0 Å². The van der Waals surface area contributed by atoms with Crippen LogP contribution in [0.2, 0.25) is 0 Å². The zero-order valence-electron chi connectivity index (χ0n) is 15.9. The van der Waals surface area contributed by atoms with E-state index in [0.717, 1.165) is 23.2 Å². The molecule has 0 radical (unpaired) electrons. The number of halogens is 1. The first-order valence-corrected chi connectivity index (χ1v) is 8.99. The van der Waals surface area contributed by atoms with Gasteiger partial charge >= 0.3 is 6.03 Å². The molecule has 0 aliphatic rings. The number of nitrogens with zero attached hydrogens (tertiary/aromatic N) is 1. The highest BCUT2D eigenvalue weighted by atomic mass is 19.1. The van der Waals surface area contributed by atoms with Gasteiger partial charge in [0.25, 0.3) is 0 Å². The maximum Gasteiger partial charge on any atom is 0.315 e. The minimum Gasteiger partial charge on any atom is -0.375 e. The number of fused-ring (bicyclic) bond motifs is 1. The van der Waals surface area contributed by atoms with E-state index in [1.807, 2.05) is 31.2 Å². The Bertz CT molecular complexity index is 949. The summed E-state index contributed by atoms with van der Waals surface area (Å²) in [4.78, 5) is 17.1. The van der Waals surface area contributed by atoms with E-state index in [2.05, 4.69) is 21.7 Å². The molecule has 0 saturated heterocycles. The molecule has 1 heterocycles. The van der Waals surface area contributed by atoms with Crippen LogP contribution < -0.4 is 15.5 Å². The van der Waals surface area contributed by atoms with Crippen molar-refractivity contribution in [2.75, 3.05) is 25.5 Å². The number of para-hydroxylation sites is 1. The summed E-state index contributed by atoms with van der Waals surface area (Å²) in [6.07, 6.45) is 0.745. The Morgan fingerprint density at radius 1 is 1.15 bits per heavy atom. The molecule has 6 heteroatoms. The average Bonchev–Trinajstić information content (AvgIpc) is 2.95. The average molecular weight is 368 g/mol. The van der Waals surface area contributed by atoms with Gasteiger partial charge in [0.1, 0.15) is 5.82 Å². The number of hydrogen-bond donors (Lipinski definition) is 3. The number of H-pyrrole nitrogens is 1. The van der Waals surface area contributed by atoms with E-state index in [1.165, 1.54) is 17.0 Å². The lowest BCUT2D eigenvalue weighted by Gasteiger charge is -2.14. The van der Waals surface area contributed by atoms with Crippen molar-refractivity contribution < 1.29 is 9.18 Å². The Kier molecular flexibility index (Phi) is 5.64. The van der Waals surface area contributed by atoms with Gasteiger partial charge < -0.3 is 20.5 Å². The molecular weight excluding hydrogens is 343 g/mol. The fourth-order valence-electron chi connectivity index (χ4n) is 3.23. The fourth-order valence-corrected chi connectivity index (χ4v) is 3.23. The maximum atomic E-state index is 14.0. The van der Waals surface area contributed by atoms with E-state index in [1.54, 1.807) is 25.1 Å². The van der Waals surface area contributed by atoms with Gasteiger partial charge in [-0.3, -0.25) is 0 Å². The molecule has 27 heavy (non-hydrogen) atoms. The van der Waals surface area contributed by atoms with E-state index in [9.17, 15) is 9.18 Å². The van der Waals surface area contributed by atoms with Crippen LogP contribution in [0.3, 0.4) is 0 Å². The van der Waals surface area contributed by atoms with Crippen LogP contribution >= 0.6 is 0 Å². The number of hydrogen-bond acceptors (Lipinski definition) is 2. The quantitative estimate of drug-likeness (QED) is 0.621. The number of aromatic amines is 1. The number of nitrogens with one attached hydrogen (secondary N) is 3. The molecule has 3 rings (SSSR count). The highest BCUT2D eigenvalue weighted by Gasteiger charge is 2.09. The van der Waals surface area contributed by atoms with Gasteiger partial charge in [-0.25, -0.2) is 9.18 Å². The first-order chi connectivity index (χ1) is 13.0. The molecule has 0 unspecified atom stereocenters. The smallest absolute Gasteiger partial charge is 0.315 e. The number of benzene rings is 2. The number of carbonyl (C=O) groups excluding carboxylic acids is 1. The Hall–Kier alpha value is -3.02. The number of aromatic nitrogens is 1. The molecule has 0 bridgehead atoms. The maximum absolute atomic E-state index is 14.0. The Morgan fingerprint density at radius 2 is 1.93 bits per heavy atom. The van der Waals surface area contributed by atoms with Gasteiger partial charge in [-0.2, -0.15) is 0 Å². The van der Waals surface area contributed by atoms with Crippen molar-refractivity contribution in [3.63, 3.8) is 0 Å². The van der Waals surface area contributed by atoms with Crippen molar-refractivity contribution in [3.05, 3.63) is 65.1 Å². The van der Waals surface area contributed by atoms with Gasteiger partial charge in [-0.05, 0) is 42.7 Å². The van der Waals surface area contributed by atoms with E-state index < -0.39 is 0 Å². The van der Waals surface area contributed by atoms with Crippen LogP contribution in [0.25, 0.3) is 10.9 Å². The summed E-state index contributed by atoms with van der Waals surface area (Å²) in [5.41, 5.74) is 4.69. The van der Waals surface area contributed by atoms with Crippen LogP contribution in [0.4, 0.5) is 14.9 Å². The van der Waals surface area contributed by atoms with E-state index >= 15 is 0 Å². The zero-order valence-corrected chi connectivity index (χ0v) is 15.9. The van der Waals surface area contributed by atoms with E-state index in [0.29, 0.717) is 12.2 Å². The fraction of sp³-hybridized carbons (Fsp3) is 0.286. The molecule has 0 spiro atoms. The molecule has 0 atom stereocenters. The SMILES string of the molecule is Cc1[nH]c2ccccc2c1CCNC(=O)NCc1ccc(N(C)C)c(F)c1. The van der Waals surface area contributed by atoms with E-state index in [4.69, 9.17) is 0 Å². The lowest BCUT2D eigenvalue weighted by atomic mass is 10.1. The molecule has 2 amide bonds. The first-order valence-electron chi connectivity index (χ1n) is 8.99. The van der Waals surface area contributed by atoms with Gasteiger partial charge in [0, 0.05) is 43.8 Å². The summed E-state index contributed by atoms with van der Waals surface area (Å²) in [5, 5.41) is 6.82. The lowest BCUT2D eigenvalue weighted by molar-refractivity contribution is 0.240. The second kappa shape index (κ2) is 8.12. The van der Waals surface area contributed by atoms with Crippen LogP contribution in [0.15, 0.2) is 42.5 Å². The standard InChI is InChI=1S/C21H25FN4O/c1-14-16(17-6-4-5-7-19(17)25-14)10-11-23-21(27)24-13-15-8-9-20(26(2)3)18(22)12-15/h4-9,12,25H,10-11,13H2,1-3H3,(H2,23,24,27). The Morgan fingerprint density at radius 3 is 2.67 bits per heavy atom. The van der Waals surface area contributed by atoms with Gasteiger partial charge in [-0.1, -0.05) is 24.3 Å². The minimum atomic E-state index is -0.297. The molecule has 5 nitrogen and oxygen atoms in total. The number of aryl methyl sites for hydroxylation is 1. The summed E-state index contributed by atoms with van der Waals surface area (Å²) in [6.45, 7) is 2.85. The van der Waals surface area contributed by atoms with Crippen LogP contribution in [0.1, 0.15) is 16.8 Å². The van der Waals surface area contributed by atoms with Gasteiger partial charge in [0.05, 0.1) is 5.69 Å².